The Balaban J connectivity index is 2.05. The highest BCUT2D eigenvalue weighted by atomic mass is 19.4. The van der Waals surface area contributed by atoms with Gasteiger partial charge >= 0.3 is 12.1 Å². The predicted octanol–water partition coefficient (Wildman–Crippen LogP) is 3.85. The number of benzene rings is 2. The van der Waals surface area contributed by atoms with Crippen LogP contribution in [0.15, 0.2) is 41.2 Å². The van der Waals surface area contributed by atoms with Crippen molar-refractivity contribution in [3.05, 3.63) is 69.1 Å². The number of aryl methyl sites for hydroxylation is 2. The Labute approximate surface area is 180 Å². The summed E-state index contributed by atoms with van der Waals surface area (Å²) in [6.45, 7) is 4.48. The van der Waals surface area contributed by atoms with Gasteiger partial charge in [-0.05, 0) is 56.2 Å². The predicted molar refractivity (Wildman–Crippen MR) is 112 cm³/mol. The quantitative estimate of drug-likeness (QED) is 0.600. The van der Waals surface area contributed by atoms with Gasteiger partial charge in [0.2, 0.25) is 11.6 Å². The number of ether oxygens (including phenoxy) is 1. The topological polar surface area (TPSA) is 90.3 Å². The fourth-order valence-corrected chi connectivity index (χ4v) is 3.15. The van der Waals surface area contributed by atoms with Crippen LogP contribution < -0.4 is 10.9 Å². The van der Waals surface area contributed by atoms with Gasteiger partial charge in [0.25, 0.3) is 5.56 Å². The highest BCUT2D eigenvalue weighted by Gasteiger charge is 2.37. The molecule has 2 aromatic carbocycles. The molecule has 32 heavy (non-hydrogen) atoms. The van der Waals surface area contributed by atoms with E-state index in [2.05, 4.69) is 10.3 Å². The molecule has 0 aliphatic heterocycles. The summed E-state index contributed by atoms with van der Waals surface area (Å²) in [5, 5.41) is 2.47. The molecule has 0 saturated heterocycles. The summed E-state index contributed by atoms with van der Waals surface area (Å²) >= 11 is 0. The number of alkyl halides is 3. The summed E-state index contributed by atoms with van der Waals surface area (Å²) in [6.07, 6.45) is -4.99. The average molecular weight is 447 g/mol. The highest BCUT2D eigenvalue weighted by Crippen LogP contribution is 2.27. The third kappa shape index (κ3) is 4.63. The Kier molecular flexibility index (Phi) is 6.33. The number of carbonyl (C=O) groups is 2. The van der Waals surface area contributed by atoms with Crippen molar-refractivity contribution >= 4 is 28.6 Å². The molecule has 1 heterocycles. The zero-order chi connectivity index (χ0) is 23.6. The number of anilines is 1. The van der Waals surface area contributed by atoms with Gasteiger partial charge in [-0.15, -0.1) is 0 Å². The van der Waals surface area contributed by atoms with Crippen LogP contribution in [-0.4, -0.2) is 28.0 Å². The maximum atomic E-state index is 13.4. The molecule has 3 aromatic rings. The van der Waals surface area contributed by atoms with Gasteiger partial charge in [0.1, 0.15) is 6.54 Å². The third-order valence-corrected chi connectivity index (χ3v) is 4.83. The SMILES string of the molecule is CCOC(=O)c1ccccc1NC(=O)Cn1c(=O)c(C(F)(F)F)nc2cc(C)c(C)cc21. The Morgan fingerprint density at radius 2 is 1.78 bits per heavy atom. The Morgan fingerprint density at radius 1 is 1.12 bits per heavy atom. The lowest BCUT2D eigenvalue weighted by molar-refractivity contribution is -0.142. The monoisotopic (exact) mass is 447 g/mol. The fourth-order valence-electron chi connectivity index (χ4n) is 3.15. The van der Waals surface area contributed by atoms with Crippen molar-refractivity contribution in [2.45, 2.75) is 33.5 Å². The second-order valence-corrected chi connectivity index (χ2v) is 7.09. The summed E-state index contributed by atoms with van der Waals surface area (Å²) in [5.41, 5.74) is -1.38. The molecule has 1 aromatic heterocycles. The van der Waals surface area contributed by atoms with Crippen LogP contribution in [0.3, 0.4) is 0 Å². The standard InChI is InChI=1S/C22H20F3N3O4/c1-4-32-21(31)14-7-5-6-8-15(14)26-18(29)11-28-17-10-13(3)12(2)9-16(17)27-19(20(28)30)22(23,24)25/h5-10H,4,11H2,1-3H3,(H,26,29). The van der Waals surface area contributed by atoms with E-state index in [1.807, 2.05) is 0 Å². The van der Waals surface area contributed by atoms with Gasteiger partial charge in [0.05, 0.1) is 28.9 Å². The van der Waals surface area contributed by atoms with Gasteiger partial charge in [0, 0.05) is 0 Å². The molecular formula is C22H20F3N3O4. The minimum Gasteiger partial charge on any atom is -0.462 e. The Hall–Kier alpha value is -3.69. The Morgan fingerprint density at radius 3 is 2.44 bits per heavy atom. The lowest BCUT2D eigenvalue weighted by Crippen LogP contribution is -2.34. The number of nitrogens with one attached hydrogen (secondary N) is 1. The smallest absolute Gasteiger partial charge is 0.438 e. The molecule has 0 spiro atoms. The lowest BCUT2D eigenvalue weighted by atomic mass is 10.1. The number of fused-ring (bicyclic) bond motifs is 1. The van der Waals surface area contributed by atoms with E-state index >= 15 is 0 Å². The molecule has 0 saturated carbocycles. The summed E-state index contributed by atoms with van der Waals surface area (Å²) in [7, 11) is 0. The zero-order valence-corrected chi connectivity index (χ0v) is 17.5. The number of rotatable bonds is 5. The molecule has 3 rings (SSSR count). The minimum atomic E-state index is -4.99. The molecule has 0 bridgehead atoms. The number of para-hydroxylation sites is 1. The fraction of sp³-hybridized carbons (Fsp3) is 0.273. The number of esters is 1. The van der Waals surface area contributed by atoms with Gasteiger partial charge < -0.3 is 10.1 Å². The molecule has 168 valence electrons. The number of aromatic nitrogens is 2. The van der Waals surface area contributed by atoms with Crippen LogP contribution >= 0.6 is 0 Å². The molecule has 7 nitrogen and oxygen atoms in total. The molecular weight excluding hydrogens is 427 g/mol. The molecule has 1 N–H and O–H groups in total. The molecule has 0 aliphatic carbocycles. The van der Waals surface area contributed by atoms with Crippen LogP contribution in [-0.2, 0) is 22.3 Å². The van der Waals surface area contributed by atoms with Gasteiger partial charge in [-0.2, -0.15) is 13.2 Å². The first-order chi connectivity index (χ1) is 15.0. The summed E-state index contributed by atoms with van der Waals surface area (Å²) in [5.74, 6) is -1.46. The second-order valence-electron chi connectivity index (χ2n) is 7.09. The number of nitrogens with zero attached hydrogens (tertiary/aromatic N) is 2. The number of carbonyl (C=O) groups excluding carboxylic acids is 2. The number of amides is 1. The molecule has 0 atom stereocenters. The van der Waals surface area contributed by atoms with Crippen LogP contribution in [0.1, 0.15) is 34.1 Å². The minimum absolute atomic E-state index is 0.0558. The van der Waals surface area contributed by atoms with Crippen LogP contribution in [0.2, 0.25) is 0 Å². The molecule has 0 aliphatic rings. The van der Waals surface area contributed by atoms with Gasteiger partial charge in [-0.3, -0.25) is 14.2 Å². The van der Waals surface area contributed by atoms with E-state index in [1.54, 1.807) is 32.9 Å². The normalized spacial score (nSPS) is 11.4. The summed E-state index contributed by atoms with van der Waals surface area (Å²) in [4.78, 5) is 40.9. The zero-order valence-electron chi connectivity index (χ0n) is 17.5. The maximum absolute atomic E-state index is 13.4. The van der Waals surface area contributed by atoms with Crippen molar-refractivity contribution < 1.29 is 27.5 Å². The number of halogens is 3. The van der Waals surface area contributed by atoms with Crippen molar-refractivity contribution in [3.8, 4) is 0 Å². The van der Waals surface area contributed by atoms with Crippen molar-refractivity contribution in [2.75, 3.05) is 11.9 Å². The molecule has 0 unspecified atom stereocenters. The van der Waals surface area contributed by atoms with E-state index in [9.17, 15) is 27.6 Å². The lowest BCUT2D eigenvalue weighted by Gasteiger charge is -2.16. The maximum Gasteiger partial charge on any atom is 0.438 e. The largest absolute Gasteiger partial charge is 0.462 e. The van der Waals surface area contributed by atoms with E-state index < -0.39 is 35.9 Å². The van der Waals surface area contributed by atoms with Gasteiger partial charge in [-0.1, -0.05) is 12.1 Å². The summed E-state index contributed by atoms with van der Waals surface area (Å²) in [6, 6.07) is 8.98. The van der Waals surface area contributed by atoms with Crippen LogP contribution in [0.5, 0.6) is 0 Å². The molecule has 0 radical (unpaired) electrons. The first kappa shape index (κ1) is 23.0. The van der Waals surface area contributed by atoms with E-state index in [4.69, 9.17) is 4.74 Å². The van der Waals surface area contributed by atoms with Gasteiger partial charge in [-0.25, -0.2) is 9.78 Å². The molecule has 10 heteroatoms. The van der Waals surface area contributed by atoms with Crippen molar-refractivity contribution in [1.82, 2.24) is 9.55 Å². The van der Waals surface area contributed by atoms with E-state index in [1.165, 1.54) is 24.3 Å². The average Bonchev–Trinajstić information content (AvgIpc) is 2.71. The van der Waals surface area contributed by atoms with Crippen LogP contribution in [0.25, 0.3) is 11.0 Å². The van der Waals surface area contributed by atoms with Crippen LogP contribution in [0, 0.1) is 13.8 Å². The van der Waals surface area contributed by atoms with Gasteiger partial charge in [0.15, 0.2) is 0 Å². The molecule has 1 amide bonds. The van der Waals surface area contributed by atoms with Crippen molar-refractivity contribution in [3.63, 3.8) is 0 Å². The Bertz CT molecular complexity index is 1270. The molecule has 0 fully saturated rings. The summed E-state index contributed by atoms with van der Waals surface area (Å²) < 4.78 is 45.9. The van der Waals surface area contributed by atoms with E-state index in [-0.39, 0.29) is 28.9 Å². The van der Waals surface area contributed by atoms with E-state index in [0.29, 0.717) is 5.56 Å². The van der Waals surface area contributed by atoms with E-state index in [0.717, 1.165) is 10.1 Å². The first-order valence-corrected chi connectivity index (χ1v) is 9.68. The van der Waals surface area contributed by atoms with Crippen molar-refractivity contribution in [2.24, 2.45) is 0 Å². The first-order valence-electron chi connectivity index (χ1n) is 9.68. The highest BCUT2D eigenvalue weighted by molar-refractivity contribution is 6.01. The van der Waals surface area contributed by atoms with Crippen LogP contribution in [0.4, 0.5) is 18.9 Å². The second kappa shape index (κ2) is 8.81. The third-order valence-electron chi connectivity index (χ3n) is 4.83. The number of hydrogen-bond donors (Lipinski definition) is 1. The number of hydrogen-bond acceptors (Lipinski definition) is 5. The van der Waals surface area contributed by atoms with Crippen molar-refractivity contribution in [1.29, 1.82) is 0 Å².